The number of carbonyl (C=O) groups excluding carboxylic acids is 3. The molecule has 2 N–H and O–H groups in total. The van der Waals surface area contributed by atoms with Gasteiger partial charge in [-0.25, -0.2) is 9.69 Å². The number of hydrogen-bond donors (Lipinski definition) is 2. The van der Waals surface area contributed by atoms with Gasteiger partial charge in [0.15, 0.2) is 29.2 Å². The van der Waals surface area contributed by atoms with Crippen molar-refractivity contribution in [3.05, 3.63) is 72.4 Å². The van der Waals surface area contributed by atoms with Crippen molar-refractivity contribution in [2.75, 3.05) is 63.9 Å². The van der Waals surface area contributed by atoms with Gasteiger partial charge >= 0.3 is 6.09 Å². The zero-order valence-electron chi connectivity index (χ0n) is 28.6. The van der Waals surface area contributed by atoms with Crippen molar-refractivity contribution in [3.8, 4) is 23.0 Å². The molecule has 4 heterocycles. The molecule has 4 aliphatic rings. The zero-order valence-corrected chi connectivity index (χ0v) is 28.6. The minimum Gasteiger partial charge on any atom is -0.493 e. The van der Waals surface area contributed by atoms with Crippen LogP contribution in [0.4, 0.5) is 16.2 Å². The quantitative estimate of drug-likeness (QED) is 0.237. The molecule has 50 heavy (non-hydrogen) atoms. The van der Waals surface area contributed by atoms with E-state index < -0.39 is 18.4 Å². The lowest BCUT2D eigenvalue weighted by Crippen LogP contribution is -2.50. The van der Waals surface area contributed by atoms with E-state index in [9.17, 15) is 19.5 Å². The second-order valence-corrected chi connectivity index (χ2v) is 12.9. The number of fused-ring (bicyclic) bond motifs is 4. The van der Waals surface area contributed by atoms with Crippen molar-refractivity contribution in [3.63, 3.8) is 0 Å². The Morgan fingerprint density at radius 1 is 0.880 bits per heavy atom. The van der Waals surface area contributed by atoms with E-state index in [1.54, 1.807) is 13.2 Å². The fraction of sp³-hybridized carbons (Fsp3) is 0.432. The van der Waals surface area contributed by atoms with E-state index in [0.717, 1.165) is 41.0 Å². The number of aliphatic hydroxyl groups is 1. The first-order valence-electron chi connectivity index (χ1n) is 16.8. The Balaban J connectivity index is 1.08. The van der Waals surface area contributed by atoms with Gasteiger partial charge in [-0.1, -0.05) is 37.0 Å². The summed E-state index contributed by atoms with van der Waals surface area (Å²) in [5, 5.41) is 14.8. The van der Waals surface area contributed by atoms with Crippen LogP contribution >= 0.6 is 0 Å². The monoisotopic (exact) mass is 688 g/mol. The second-order valence-electron chi connectivity index (χ2n) is 12.9. The normalized spacial score (nSPS) is 20.9. The van der Waals surface area contributed by atoms with E-state index in [0.29, 0.717) is 67.7 Å². The first kappa shape index (κ1) is 34.7. The maximum atomic E-state index is 13.7. The van der Waals surface area contributed by atoms with Gasteiger partial charge in [-0.15, -0.1) is 0 Å². The largest absolute Gasteiger partial charge is 0.493 e. The number of amides is 3. The number of unbranched alkanes of at least 4 members (excludes halogenated alkanes) is 2. The van der Waals surface area contributed by atoms with E-state index in [-0.39, 0.29) is 42.3 Å². The van der Waals surface area contributed by atoms with E-state index in [2.05, 4.69) is 25.1 Å². The summed E-state index contributed by atoms with van der Waals surface area (Å²) in [4.78, 5) is 44.6. The summed E-state index contributed by atoms with van der Waals surface area (Å²) in [5.41, 5.74) is 3.45. The molecule has 0 radical (unpaired) electrons. The number of aliphatic hydroxyl groups excluding tert-OH is 1. The van der Waals surface area contributed by atoms with Crippen LogP contribution in [0.2, 0.25) is 0 Å². The first-order valence-corrected chi connectivity index (χ1v) is 16.8. The standard InChI is InChI=1S/C37H44N4O9/c1-6-10-50-37(45)41-28-18-33(31(47-5)16-26(28)35(43)40-21-23(3)14-29(40)36(41)44)49-12-9-7-8-11-48-32-17-27-25(15-30(32)46-4)34(42)39-20-22(2)13-24(39)19-38-27/h6,15-18,24,29,36,38,44H,1-3,7-14,19-21H2,4-5H3/t24-,29-,36-/m0/s1. The van der Waals surface area contributed by atoms with Gasteiger partial charge in [0, 0.05) is 31.8 Å². The summed E-state index contributed by atoms with van der Waals surface area (Å²) >= 11 is 0. The molecular weight excluding hydrogens is 644 g/mol. The molecule has 2 aromatic carbocycles. The Labute approximate surface area is 291 Å². The average Bonchev–Trinajstić information content (AvgIpc) is 3.65. The topological polar surface area (TPSA) is 139 Å². The number of nitrogens with zero attached hydrogens (tertiary/aromatic N) is 3. The van der Waals surface area contributed by atoms with Gasteiger partial charge < -0.3 is 43.9 Å². The van der Waals surface area contributed by atoms with Crippen LogP contribution in [0.3, 0.4) is 0 Å². The van der Waals surface area contributed by atoms with Gasteiger partial charge in [-0.3, -0.25) is 9.59 Å². The number of hydrogen-bond acceptors (Lipinski definition) is 10. The molecule has 13 nitrogen and oxygen atoms in total. The Morgan fingerprint density at radius 3 is 2.18 bits per heavy atom. The number of ether oxygens (including phenoxy) is 5. The minimum atomic E-state index is -1.37. The Morgan fingerprint density at radius 2 is 1.50 bits per heavy atom. The van der Waals surface area contributed by atoms with Gasteiger partial charge in [0.05, 0.1) is 62.0 Å². The van der Waals surface area contributed by atoms with Crippen LogP contribution in [0.25, 0.3) is 0 Å². The number of methoxy groups -OCH3 is 2. The molecule has 13 heteroatoms. The summed E-state index contributed by atoms with van der Waals surface area (Å²) < 4.78 is 28.6. The first-order chi connectivity index (χ1) is 24.1. The minimum absolute atomic E-state index is 0.0423. The average molecular weight is 689 g/mol. The molecule has 3 atom stereocenters. The highest BCUT2D eigenvalue weighted by Gasteiger charge is 2.46. The molecule has 2 saturated heterocycles. The van der Waals surface area contributed by atoms with Gasteiger partial charge in [-0.05, 0) is 44.2 Å². The molecule has 0 unspecified atom stereocenters. The molecule has 0 bridgehead atoms. The van der Waals surface area contributed by atoms with Crippen molar-refractivity contribution in [2.24, 2.45) is 0 Å². The Bertz CT molecular complexity index is 1710. The predicted octanol–water partition coefficient (Wildman–Crippen LogP) is 4.76. The third-order valence-electron chi connectivity index (χ3n) is 9.44. The molecule has 0 aromatic heterocycles. The summed E-state index contributed by atoms with van der Waals surface area (Å²) in [7, 11) is 3.03. The molecule has 0 spiro atoms. The van der Waals surface area contributed by atoms with E-state index in [4.69, 9.17) is 23.7 Å². The molecule has 0 aliphatic carbocycles. The van der Waals surface area contributed by atoms with Crippen LogP contribution in [0.1, 0.15) is 52.8 Å². The highest BCUT2D eigenvalue weighted by molar-refractivity contribution is 6.06. The van der Waals surface area contributed by atoms with Crippen molar-refractivity contribution in [1.82, 2.24) is 9.80 Å². The van der Waals surface area contributed by atoms with Crippen LogP contribution in [0.5, 0.6) is 23.0 Å². The smallest absolute Gasteiger partial charge is 0.416 e. The van der Waals surface area contributed by atoms with Gasteiger partial charge in [-0.2, -0.15) is 0 Å². The third kappa shape index (κ3) is 6.69. The van der Waals surface area contributed by atoms with Crippen molar-refractivity contribution < 1.29 is 43.2 Å². The Hall–Kier alpha value is -5.17. The maximum absolute atomic E-state index is 13.7. The van der Waals surface area contributed by atoms with E-state index in [1.165, 1.54) is 30.2 Å². The second kappa shape index (κ2) is 14.8. The van der Waals surface area contributed by atoms with Crippen LogP contribution < -0.4 is 29.2 Å². The zero-order chi connectivity index (χ0) is 35.5. The van der Waals surface area contributed by atoms with E-state index in [1.807, 2.05) is 11.0 Å². The van der Waals surface area contributed by atoms with E-state index >= 15 is 0 Å². The lowest BCUT2D eigenvalue weighted by Gasteiger charge is -2.31. The number of anilines is 2. The SMILES string of the molecule is C=CCOC(=O)N1c2cc(OCCCCCOc3cc4c(cc3OC)C(=O)N3CC(=C)C[C@H]3CN4)c(OC)cc2C(=O)N2CC(=C)C[C@H]2[C@@H]1O. The lowest BCUT2D eigenvalue weighted by atomic mass is 10.1. The van der Waals surface area contributed by atoms with Gasteiger partial charge in [0.25, 0.3) is 11.8 Å². The molecule has 2 fully saturated rings. The molecule has 0 saturated carbocycles. The Kier molecular flexibility index (Phi) is 10.2. The highest BCUT2D eigenvalue weighted by atomic mass is 16.6. The molecule has 2 aromatic rings. The van der Waals surface area contributed by atoms with Crippen LogP contribution in [-0.2, 0) is 4.74 Å². The summed E-state index contributed by atoms with van der Waals surface area (Å²) in [5.74, 6) is 1.29. The summed E-state index contributed by atoms with van der Waals surface area (Å²) in [6.45, 7) is 13.8. The number of carbonyl (C=O) groups is 3. The summed E-state index contributed by atoms with van der Waals surface area (Å²) in [6, 6.07) is 6.03. The number of benzene rings is 2. The molecular formula is C37H44N4O9. The lowest BCUT2D eigenvalue weighted by molar-refractivity contribution is 0.0496. The molecule has 6 rings (SSSR count). The van der Waals surface area contributed by atoms with Crippen LogP contribution in [0, 0.1) is 0 Å². The summed E-state index contributed by atoms with van der Waals surface area (Å²) in [6.07, 6.45) is 2.55. The molecule has 4 aliphatic heterocycles. The van der Waals surface area contributed by atoms with Gasteiger partial charge in [0.2, 0.25) is 0 Å². The maximum Gasteiger partial charge on any atom is 0.416 e. The van der Waals surface area contributed by atoms with Crippen molar-refractivity contribution in [1.29, 1.82) is 0 Å². The highest BCUT2D eigenvalue weighted by Crippen LogP contribution is 2.42. The fourth-order valence-corrected chi connectivity index (χ4v) is 6.97. The van der Waals surface area contributed by atoms with Gasteiger partial charge in [0.1, 0.15) is 6.61 Å². The van der Waals surface area contributed by atoms with Crippen LogP contribution in [-0.4, -0.2) is 105 Å². The van der Waals surface area contributed by atoms with Crippen molar-refractivity contribution >= 4 is 29.3 Å². The van der Waals surface area contributed by atoms with Crippen molar-refractivity contribution in [2.45, 2.75) is 50.4 Å². The molecule has 266 valence electrons. The molecule has 3 amide bonds. The number of nitrogens with one attached hydrogen (secondary N) is 1. The fourth-order valence-electron chi connectivity index (χ4n) is 6.97. The van der Waals surface area contributed by atoms with Crippen LogP contribution in [0.15, 0.2) is 61.2 Å². The third-order valence-corrected chi connectivity index (χ3v) is 9.44. The predicted molar refractivity (Wildman–Crippen MR) is 187 cm³/mol. The number of rotatable bonds is 12.